The molecule has 1 amide bonds. The number of ether oxygens (including phenoxy) is 1. The summed E-state index contributed by atoms with van der Waals surface area (Å²) < 4.78 is 43.2. The number of nitrogens with zero attached hydrogens (tertiary/aromatic N) is 4. The van der Waals surface area contributed by atoms with Crippen molar-refractivity contribution in [3.8, 4) is 0 Å². The van der Waals surface area contributed by atoms with Gasteiger partial charge in [0, 0.05) is 43.7 Å². The number of alkyl halides is 3. The van der Waals surface area contributed by atoms with Crippen LogP contribution in [0.15, 0.2) is 11.8 Å². The number of halogens is 3. The van der Waals surface area contributed by atoms with Crippen molar-refractivity contribution in [3.05, 3.63) is 17.5 Å². The van der Waals surface area contributed by atoms with E-state index < -0.39 is 18.0 Å². The summed E-state index contributed by atoms with van der Waals surface area (Å²) in [6.07, 6.45) is -4.32. The SMILES string of the molecule is C/C(NC(F)(F)F)=C(/C=N)c1cc(N2CC(N(C)C(=O)OC(C)(C)C)C2)nc(N)n1. The van der Waals surface area contributed by atoms with Crippen LogP contribution in [-0.2, 0) is 4.74 Å². The Morgan fingerprint density at radius 3 is 2.47 bits per heavy atom. The Morgan fingerprint density at radius 1 is 1.37 bits per heavy atom. The third-order valence-corrected chi connectivity index (χ3v) is 4.30. The van der Waals surface area contributed by atoms with Gasteiger partial charge < -0.3 is 31.0 Å². The van der Waals surface area contributed by atoms with Crippen molar-refractivity contribution in [2.24, 2.45) is 0 Å². The van der Waals surface area contributed by atoms with Gasteiger partial charge in [0.2, 0.25) is 5.95 Å². The molecule has 1 aliphatic rings. The molecule has 1 saturated heterocycles. The Hall–Kier alpha value is -3.05. The van der Waals surface area contributed by atoms with Crippen molar-refractivity contribution in [1.82, 2.24) is 20.2 Å². The molecule has 0 aliphatic carbocycles. The molecule has 1 aromatic rings. The normalized spacial score (nSPS) is 15.8. The van der Waals surface area contributed by atoms with E-state index in [9.17, 15) is 18.0 Å². The molecule has 0 saturated carbocycles. The monoisotopic (exact) mass is 429 g/mol. The molecule has 4 N–H and O–H groups in total. The fourth-order valence-corrected chi connectivity index (χ4v) is 2.78. The lowest BCUT2D eigenvalue weighted by molar-refractivity contribution is -0.149. The summed E-state index contributed by atoms with van der Waals surface area (Å²) in [5, 5.41) is 8.86. The Labute approximate surface area is 172 Å². The van der Waals surface area contributed by atoms with Crippen LogP contribution in [-0.4, -0.2) is 65.3 Å². The fourth-order valence-electron chi connectivity index (χ4n) is 2.78. The van der Waals surface area contributed by atoms with E-state index in [1.165, 1.54) is 23.2 Å². The Kier molecular flexibility index (Phi) is 6.48. The van der Waals surface area contributed by atoms with Gasteiger partial charge in [-0.3, -0.25) is 0 Å². The van der Waals surface area contributed by atoms with Crippen LogP contribution < -0.4 is 16.0 Å². The summed E-state index contributed by atoms with van der Waals surface area (Å²) in [5.41, 5.74) is 4.87. The number of nitrogens with two attached hydrogens (primary N) is 1. The summed E-state index contributed by atoms with van der Waals surface area (Å²) in [6.45, 7) is 7.41. The summed E-state index contributed by atoms with van der Waals surface area (Å²) in [4.78, 5) is 23.6. The third-order valence-electron chi connectivity index (χ3n) is 4.30. The van der Waals surface area contributed by atoms with E-state index in [4.69, 9.17) is 15.9 Å². The first-order valence-electron chi connectivity index (χ1n) is 9.12. The van der Waals surface area contributed by atoms with Crippen LogP contribution in [0.3, 0.4) is 0 Å². The van der Waals surface area contributed by atoms with Gasteiger partial charge in [-0.2, -0.15) is 18.2 Å². The zero-order valence-electron chi connectivity index (χ0n) is 17.5. The second-order valence-electron chi connectivity index (χ2n) is 7.93. The van der Waals surface area contributed by atoms with Gasteiger partial charge in [-0.05, 0) is 27.7 Å². The van der Waals surface area contributed by atoms with Crippen LogP contribution in [0.1, 0.15) is 33.4 Å². The molecular formula is C18H26F3N7O2. The van der Waals surface area contributed by atoms with Gasteiger partial charge in [0.25, 0.3) is 0 Å². The molecule has 2 heterocycles. The first kappa shape index (κ1) is 23.2. The average molecular weight is 429 g/mol. The highest BCUT2D eigenvalue weighted by molar-refractivity contribution is 6.08. The molecule has 30 heavy (non-hydrogen) atoms. The van der Waals surface area contributed by atoms with Gasteiger partial charge >= 0.3 is 12.4 Å². The van der Waals surface area contributed by atoms with Crippen molar-refractivity contribution in [2.45, 2.75) is 45.6 Å². The zero-order chi connectivity index (χ0) is 22.9. The number of amides is 1. The zero-order valence-corrected chi connectivity index (χ0v) is 17.5. The molecule has 0 bridgehead atoms. The predicted octanol–water partition coefficient (Wildman–Crippen LogP) is 2.60. The smallest absolute Gasteiger partial charge is 0.444 e. The number of carbonyl (C=O) groups is 1. The van der Waals surface area contributed by atoms with E-state index in [2.05, 4.69) is 9.97 Å². The van der Waals surface area contributed by atoms with Crippen molar-refractivity contribution >= 4 is 29.6 Å². The minimum Gasteiger partial charge on any atom is -0.444 e. The minimum atomic E-state index is -4.64. The molecule has 0 unspecified atom stereocenters. The summed E-state index contributed by atoms with van der Waals surface area (Å²) in [5.74, 6) is 0.260. The van der Waals surface area contributed by atoms with Crippen LogP contribution in [0, 0.1) is 5.41 Å². The van der Waals surface area contributed by atoms with Gasteiger partial charge in [-0.1, -0.05) is 0 Å². The quantitative estimate of drug-likeness (QED) is 0.486. The third kappa shape index (κ3) is 5.97. The summed E-state index contributed by atoms with van der Waals surface area (Å²) in [7, 11) is 1.64. The Balaban J connectivity index is 2.16. The van der Waals surface area contributed by atoms with E-state index in [0.29, 0.717) is 18.9 Å². The van der Waals surface area contributed by atoms with E-state index >= 15 is 0 Å². The second-order valence-corrected chi connectivity index (χ2v) is 7.93. The summed E-state index contributed by atoms with van der Waals surface area (Å²) in [6, 6.07) is 1.34. The number of allylic oxidation sites excluding steroid dienone is 2. The maximum atomic E-state index is 12.6. The lowest BCUT2D eigenvalue weighted by Gasteiger charge is -2.44. The number of hydrogen-bond donors (Lipinski definition) is 3. The molecule has 0 spiro atoms. The highest BCUT2D eigenvalue weighted by atomic mass is 19.4. The first-order valence-corrected chi connectivity index (χ1v) is 9.12. The molecular weight excluding hydrogens is 403 g/mol. The molecule has 0 radical (unpaired) electrons. The van der Waals surface area contributed by atoms with E-state index in [-0.39, 0.29) is 29.0 Å². The largest absolute Gasteiger partial charge is 0.482 e. The fraction of sp³-hybridized carbons (Fsp3) is 0.556. The second kappa shape index (κ2) is 8.36. The van der Waals surface area contributed by atoms with Gasteiger partial charge in [-0.25, -0.2) is 9.78 Å². The van der Waals surface area contributed by atoms with Gasteiger partial charge in [-0.15, -0.1) is 0 Å². The van der Waals surface area contributed by atoms with E-state index in [1.807, 2.05) is 0 Å². The molecule has 9 nitrogen and oxygen atoms in total. The van der Waals surface area contributed by atoms with Crippen LogP contribution in [0.5, 0.6) is 0 Å². The van der Waals surface area contributed by atoms with Crippen molar-refractivity contribution in [1.29, 1.82) is 5.41 Å². The van der Waals surface area contributed by atoms with Crippen LogP contribution >= 0.6 is 0 Å². The highest BCUT2D eigenvalue weighted by Crippen LogP contribution is 2.26. The number of nitrogens with one attached hydrogen (secondary N) is 2. The molecule has 0 aromatic carbocycles. The number of carbonyl (C=O) groups excluding carboxylic acids is 1. The molecule has 12 heteroatoms. The van der Waals surface area contributed by atoms with Crippen molar-refractivity contribution in [3.63, 3.8) is 0 Å². The van der Waals surface area contributed by atoms with E-state index in [0.717, 1.165) is 6.21 Å². The standard InChI is InChI=1S/C18H26F3N7O2/c1-10(26-18(19,20)21)12(7-22)13-6-14(25-15(23)24-13)28-8-11(9-28)27(5)16(29)30-17(2,3)4/h6-7,11,22,26H,8-9H2,1-5H3,(H2,23,24,25)/b12-10+,22-7?. The number of aromatic nitrogens is 2. The first-order chi connectivity index (χ1) is 13.7. The van der Waals surface area contributed by atoms with Crippen LogP contribution in [0.25, 0.3) is 5.57 Å². The predicted molar refractivity (Wildman–Crippen MR) is 107 cm³/mol. The highest BCUT2D eigenvalue weighted by Gasteiger charge is 2.35. The van der Waals surface area contributed by atoms with Gasteiger partial charge in [0.1, 0.15) is 11.4 Å². The number of nitrogen functional groups attached to an aromatic ring is 1. The van der Waals surface area contributed by atoms with Crippen molar-refractivity contribution < 1.29 is 22.7 Å². The average Bonchev–Trinajstić information content (AvgIpc) is 2.50. The van der Waals surface area contributed by atoms with Gasteiger partial charge in [0.05, 0.1) is 11.7 Å². The van der Waals surface area contributed by atoms with E-state index in [1.54, 1.807) is 32.7 Å². The molecule has 1 aliphatic heterocycles. The number of rotatable bonds is 5. The van der Waals surface area contributed by atoms with Gasteiger partial charge in [0.15, 0.2) is 0 Å². The maximum absolute atomic E-state index is 12.6. The van der Waals surface area contributed by atoms with Crippen LogP contribution in [0.4, 0.5) is 29.7 Å². The van der Waals surface area contributed by atoms with Crippen molar-refractivity contribution in [2.75, 3.05) is 30.8 Å². The topological polar surface area (TPSA) is 120 Å². The molecule has 1 fully saturated rings. The summed E-state index contributed by atoms with van der Waals surface area (Å²) >= 11 is 0. The number of hydrogen-bond acceptors (Lipinski definition) is 8. The molecule has 166 valence electrons. The van der Waals surface area contributed by atoms with Crippen LogP contribution in [0.2, 0.25) is 0 Å². The molecule has 0 atom stereocenters. The Bertz CT molecular complexity index is 843. The number of anilines is 2. The lowest BCUT2D eigenvalue weighted by atomic mass is 10.1. The Morgan fingerprint density at radius 2 is 1.97 bits per heavy atom. The minimum absolute atomic E-state index is 0.0642. The lowest BCUT2D eigenvalue weighted by Crippen LogP contribution is -2.60. The molecule has 1 aromatic heterocycles. The maximum Gasteiger partial charge on any atom is 0.482 e. The molecule has 2 rings (SSSR count). The number of likely N-dealkylation sites (N-methyl/N-ethyl adjacent to an activating group) is 1.